The van der Waals surface area contributed by atoms with Gasteiger partial charge in [-0.3, -0.25) is 13.9 Å². The first-order chi connectivity index (χ1) is 16.3. The van der Waals surface area contributed by atoms with Crippen molar-refractivity contribution in [1.29, 1.82) is 0 Å². The molecule has 8 heteroatoms. The molecule has 0 bridgehead atoms. The molecule has 1 N–H and O–H groups in total. The normalized spacial score (nSPS) is 12.5. The number of sulfonamides is 1. The van der Waals surface area contributed by atoms with Gasteiger partial charge in [0, 0.05) is 13.1 Å². The summed E-state index contributed by atoms with van der Waals surface area (Å²) >= 11 is 0. The summed E-state index contributed by atoms with van der Waals surface area (Å²) < 4.78 is 26.5. The molecule has 35 heavy (non-hydrogen) atoms. The lowest BCUT2D eigenvalue weighted by molar-refractivity contribution is -0.139. The predicted octanol–water partition coefficient (Wildman–Crippen LogP) is 4.07. The van der Waals surface area contributed by atoms with Crippen LogP contribution in [0.2, 0.25) is 0 Å². The van der Waals surface area contributed by atoms with E-state index in [1.165, 1.54) is 4.90 Å². The number of hydrogen-bond acceptors (Lipinski definition) is 4. The van der Waals surface area contributed by atoms with Gasteiger partial charge in [-0.25, -0.2) is 8.42 Å². The Morgan fingerprint density at radius 3 is 2.06 bits per heavy atom. The average Bonchev–Trinajstić information content (AvgIpc) is 2.79. The van der Waals surface area contributed by atoms with Gasteiger partial charge < -0.3 is 10.2 Å². The fourth-order valence-electron chi connectivity index (χ4n) is 3.65. The summed E-state index contributed by atoms with van der Waals surface area (Å²) in [5.74, 6) is -0.153. The number of carbonyl (C=O) groups is 2. The smallest absolute Gasteiger partial charge is 0.244 e. The van der Waals surface area contributed by atoms with Crippen LogP contribution < -0.4 is 9.62 Å². The molecule has 0 aliphatic carbocycles. The summed E-state index contributed by atoms with van der Waals surface area (Å²) in [6.45, 7) is 12.0. The van der Waals surface area contributed by atoms with E-state index in [1.54, 1.807) is 19.1 Å². The van der Waals surface area contributed by atoms with E-state index in [2.05, 4.69) is 19.2 Å². The molecule has 0 aliphatic rings. The maximum Gasteiger partial charge on any atom is 0.244 e. The first-order valence-corrected chi connectivity index (χ1v) is 13.9. The minimum atomic E-state index is -3.74. The number of anilines is 1. The summed E-state index contributed by atoms with van der Waals surface area (Å²) in [7, 11) is -3.74. The summed E-state index contributed by atoms with van der Waals surface area (Å²) in [5, 5.41) is 2.88. The molecule has 192 valence electrons. The standard InChI is InChI=1S/C27H39N3O4S/c1-19(2)16-28-27(32)22(6)29(17-24-11-9-8-10-21(24)5)26(31)18-30(35(7,33)34)25-14-12-23(13-15-25)20(3)4/h8-15,19-20,22H,16-18H2,1-7H3,(H,28,32)/t22-/m1/s1. The molecule has 0 fully saturated rings. The van der Waals surface area contributed by atoms with Gasteiger partial charge in [0.25, 0.3) is 0 Å². The molecule has 0 radical (unpaired) electrons. The number of nitrogens with zero attached hydrogens (tertiary/aromatic N) is 2. The van der Waals surface area contributed by atoms with E-state index in [0.717, 1.165) is 27.3 Å². The second-order valence-electron chi connectivity index (χ2n) is 9.78. The lowest BCUT2D eigenvalue weighted by atomic mass is 10.0. The minimum Gasteiger partial charge on any atom is -0.354 e. The van der Waals surface area contributed by atoms with Crippen molar-refractivity contribution >= 4 is 27.5 Å². The lowest BCUT2D eigenvalue weighted by Gasteiger charge is -2.32. The summed E-state index contributed by atoms with van der Waals surface area (Å²) in [4.78, 5) is 27.9. The maximum absolute atomic E-state index is 13.6. The first-order valence-electron chi connectivity index (χ1n) is 12.0. The molecule has 7 nitrogen and oxygen atoms in total. The molecule has 2 aromatic rings. The molecule has 0 aliphatic heterocycles. The van der Waals surface area contributed by atoms with E-state index in [1.807, 2.05) is 57.2 Å². The Morgan fingerprint density at radius 2 is 1.54 bits per heavy atom. The summed E-state index contributed by atoms with van der Waals surface area (Å²) in [6, 6.07) is 14.1. The van der Waals surface area contributed by atoms with Gasteiger partial charge in [0.15, 0.2) is 0 Å². The maximum atomic E-state index is 13.6. The number of rotatable bonds is 11. The van der Waals surface area contributed by atoms with E-state index in [4.69, 9.17) is 0 Å². The molecule has 0 heterocycles. The molecule has 2 aromatic carbocycles. The molecule has 0 saturated carbocycles. The van der Waals surface area contributed by atoms with Gasteiger partial charge in [0.05, 0.1) is 11.9 Å². The molecular weight excluding hydrogens is 462 g/mol. The van der Waals surface area contributed by atoms with E-state index in [0.29, 0.717) is 18.2 Å². The third-order valence-corrected chi connectivity index (χ3v) is 7.12. The third-order valence-electron chi connectivity index (χ3n) is 5.98. The molecule has 0 unspecified atom stereocenters. The Morgan fingerprint density at radius 1 is 0.943 bits per heavy atom. The first kappa shape index (κ1) is 28.4. The van der Waals surface area contributed by atoms with Crippen molar-refractivity contribution in [2.75, 3.05) is 23.7 Å². The van der Waals surface area contributed by atoms with E-state index in [9.17, 15) is 18.0 Å². The Kier molecular flexibility index (Phi) is 9.89. The SMILES string of the molecule is Cc1ccccc1CN(C(=O)CN(c1ccc(C(C)C)cc1)S(C)(=O)=O)[C@H](C)C(=O)NCC(C)C. The topological polar surface area (TPSA) is 86.8 Å². The second-order valence-corrected chi connectivity index (χ2v) is 11.7. The number of aryl methyl sites for hydroxylation is 1. The van der Waals surface area contributed by atoms with Crippen molar-refractivity contribution in [3.8, 4) is 0 Å². The Hall–Kier alpha value is -2.87. The van der Waals surface area contributed by atoms with Crippen LogP contribution >= 0.6 is 0 Å². The predicted molar refractivity (Wildman–Crippen MR) is 142 cm³/mol. The van der Waals surface area contributed by atoms with Crippen molar-refractivity contribution in [3.05, 3.63) is 65.2 Å². The average molecular weight is 502 g/mol. The van der Waals surface area contributed by atoms with Crippen LogP contribution in [0.5, 0.6) is 0 Å². The highest BCUT2D eigenvalue weighted by atomic mass is 32.2. The second kappa shape index (κ2) is 12.2. The van der Waals surface area contributed by atoms with Crippen molar-refractivity contribution in [1.82, 2.24) is 10.2 Å². The van der Waals surface area contributed by atoms with Crippen LogP contribution in [-0.4, -0.2) is 50.5 Å². The third kappa shape index (κ3) is 8.09. The van der Waals surface area contributed by atoms with Crippen molar-refractivity contribution in [3.63, 3.8) is 0 Å². The molecule has 0 spiro atoms. The van der Waals surface area contributed by atoms with Crippen LogP contribution in [0.25, 0.3) is 0 Å². The fraction of sp³-hybridized carbons (Fsp3) is 0.481. The lowest BCUT2D eigenvalue weighted by Crippen LogP contribution is -2.51. The fourth-order valence-corrected chi connectivity index (χ4v) is 4.49. The molecule has 2 rings (SSSR count). The van der Waals surface area contributed by atoms with Gasteiger partial charge in [-0.1, -0.05) is 64.1 Å². The largest absolute Gasteiger partial charge is 0.354 e. The highest BCUT2D eigenvalue weighted by Crippen LogP contribution is 2.23. The van der Waals surface area contributed by atoms with Gasteiger partial charge in [-0.2, -0.15) is 0 Å². The zero-order valence-electron chi connectivity index (χ0n) is 21.9. The summed E-state index contributed by atoms with van der Waals surface area (Å²) in [6.07, 6.45) is 1.08. The zero-order valence-corrected chi connectivity index (χ0v) is 22.7. The van der Waals surface area contributed by atoms with Crippen LogP contribution in [0.1, 0.15) is 57.2 Å². The number of carbonyl (C=O) groups excluding carboxylic acids is 2. The zero-order chi connectivity index (χ0) is 26.3. The highest BCUT2D eigenvalue weighted by molar-refractivity contribution is 7.92. The molecule has 2 amide bonds. The van der Waals surface area contributed by atoms with Crippen LogP contribution in [0, 0.1) is 12.8 Å². The van der Waals surface area contributed by atoms with E-state index >= 15 is 0 Å². The monoisotopic (exact) mass is 501 g/mol. The Bertz CT molecular complexity index is 1110. The van der Waals surface area contributed by atoms with Crippen LogP contribution in [-0.2, 0) is 26.2 Å². The number of benzene rings is 2. The van der Waals surface area contributed by atoms with E-state index in [-0.39, 0.29) is 18.4 Å². The van der Waals surface area contributed by atoms with Gasteiger partial charge in [-0.15, -0.1) is 0 Å². The van der Waals surface area contributed by atoms with Crippen LogP contribution in [0.15, 0.2) is 48.5 Å². The van der Waals surface area contributed by atoms with Crippen LogP contribution in [0.4, 0.5) is 5.69 Å². The Balaban J connectivity index is 2.38. The molecule has 0 saturated heterocycles. The quantitative estimate of drug-likeness (QED) is 0.503. The highest BCUT2D eigenvalue weighted by Gasteiger charge is 2.30. The van der Waals surface area contributed by atoms with Gasteiger partial charge >= 0.3 is 0 Å². The molecule has 1 atom stereocenters. The molecule has 0 aromatic heterocycles. The number of amides is 2. The van der Waals surface area contributed by atoms with Crippen molar-refractivity contribution in [2.24, 2.45) is 5.92 Å². The van der Waals surface area contributed by atoms with Crippen LogP contribution in [0.3, 0.4) is 0 Å². The molecular formula is C27H39N3O4S. The van der Waals surface area contributed by atoms with Gasteiger partial charge in [0.2, 0.25) is 21.8 Å². The number of hydrogen-bond donors (Lipinski definition) is 1. The van der Waals surface area contributed by atoms with Crippen molar-refractivity contribution < 1.29 is 18.0 Å². The Labute approximate surface area is 210 Å². The van der Waals surface area contributed by atoms with Crippen molar-refractivity contribution in [2.45, 2.75) is 60.0 Å². The minimum absolute atomic E-state index is 0.200. The van der Waals surface area contributed by atoms with Gasteiger partial charge in [-0.05, 0) is 54.5 Å². The van der Waals surface area contributed by atoms with Gasteiger partial charge in [0.1, 0.15) is 12.6 Å². The van der Waals surface area contributed by atoms with E-state index < -0.39 is 28.5 Å². The number of nitrogens with one attached hydrogen (secondary N) is 1. The summed E-state index contributed by atoms with van der Waals surface area (Å²) in [5.41, 5.74) is 3.38.